The highest BCUT2D eigenvalue weighted by Crippen LogP contribution is 2.19. The maximum absolute atomic E-state index is 4.52. The molecule has 0 aliphatic rings. The number of nitrogens with one attached hydrogen (secondary N) is 2. The number of aromatic nitrogens is 2. The fraction of sp³-hybridized carbons (Fsp3) is 0.467. The van der Waals surface area contributed by atoms with Gasteiger partial charge < -0.3 is 10.6 Å². The van der Waals surface area contributed by atoms with Gasteiger partial charge in [0.15, 0.2) is 0 Å². The van der Waals surface area contributed by atoms with Crippen molar-refractivity contribution in [2.24, 2.45) is 0 Å². The van der Waals surface area contributed by atoms with E-state index in [9.17, 15) is 0 Å². The van der Waals surface area contributed by atoms with Crippen molar-refractivity contribution in [1.82, 2.24) is 9.97 Å². The van der Waals surface area contributed by atoms with Gasteiger partial charge in [-0.1, -0.05) is 13.8 Å². The van der Waals surface area contributed by atoms with E-state index in [1.807, 2.05) is 24.5 Å². The van der Waals surface area contributed by atoms with Crippen LogP contribution >= 0.6 is 11.3 Å². The Kier molecular flexibility index (Phi) is 5.35. The molecule has 4 nitrogen and oxygen atoms in total. The Hall–Kier alpha value is -1.62. The second-order valence-electron chi connectivity index (χ2n) is 4.73. The summed E-state index contributed by atoms with van der Waals surface area (Å²) in [4.78, 5) is 11.6. The van der Waals surface area contributed by atoms with Crippen molar-refractivity contribution >= 4 is 23.1 Å². The van der Waals surface area contributed by atoms with E-state index in [4.69, 9.17) is 0 Å². The van der Waals surface area contributed by atoms with Gasteiger partial charge in [0.1, 0.15) is 5.82 Å². The molecule has 2 heterocycles. The van der Waals surface area contributed by atoms with E-state index in [-0.39, 0.29) is 0 Å². The van der Waals surface area contributed by atoms with Crippen LogP contribution in [0.25, 0.3) is 0 Å². The van der Waals surface area contributed by atoms with E-state index in [1.54, 1.807) is 0 Å². The molecule has 2 N–H and O–H groups in total. The van der Waals surface area contributed by atoms with E-state index in [2.05, 4.69) is 46.6 Å². The zero-order valence-electron chi connectivity index (χ0n) is 12.4. The number of hydrogen-bond donors (Lipinski definition) is 2. The SMILES string of the molecule is CCCNc1ncc(C)c(NCc2ccc(CC)s2)n1. The number of rotatable bonds is 7. The molecule has 2 rings (SSSR count). The molecular weight excluding hydrogens is 268 g/mol. The summed E-state index contributed by atoms with van der Waals surface area (Å²) < 4.78 is 0. The zero-order chi connectivity index (χ0) is 14.4. The molecule has 0 saturated carbocycles. The highest BCUT2D eigenvalue weighted by molar-refractivity contribution is 7.12. The van der Waals surface area contributed by atoms with E-state index in [1.165, 1.54) is 9.75 Å². The number of anilines is 2. The summed E-state index contributed by atoms with van der Waals surface area (Å²) in [5.74, 6) is 1.60. The lowest BCUT2D eigenvalue weighted by Crippen LogP contribution is -2.08. The first-order valence-corrected chi connectivity index (χ1v) is 7.93. The van der Waals surface area contributed by atoms with E-state index in [0.29, 0.717) is 5.95 Å². The molecule has 0 bridgehead atoms. The Bertz CT molecular complexity index is 551. The van der Waals surface area contributed by atoms with Crippen molar-refractivity contribution < 1.29 is 0 Å². The maximum Gasteiger partial charge on any atom is 0.224 e. The van der Waals surface area contributed by atoms with Crippen LogP contribution in [0, 0.1) is 6.92 Å². The van der Waals surface area contributed by atoms with Gasteiger partial charge >= 0.3 is 0 Å². The minimum absolute atomic E-state index is 0.695. The van der Waals surface area contributed by atoms with Crippen LogP contribution in [-0.4, -0.2) is 16.5 Å². The summed E-state index contributed by atoms with van der Waals surface area (Å²) in [7, 11) is 0. The first-order valence-electron chi connectivity index (χ1n) is 7.12. The van der Waals surface area contributed by atoms with Crippen LogP contribution < -0.4 is 10.6 Å². The first kappa shape index (κ1) is 14.8. The summed E-state index contributed by atoms with van der Waals surface area (Å²) in [6, 6.07) is 4.38. The molecule has 5 heteroatoms. The molecule has 0 saturated heterocycles. The van der Waals surface area contributed by atoms with Crippen LogP contribution in [0.15, 0.2) is 18.3 Å². The Morgan fingerprint density at radius 1 is 1.15 bits per heavy atom. The topological polar surface area (TPSA) is 49.8 Å². The number of hydrogen-bond acceptors (Lipinski definition) is 5. The predicted molar refractivity (Wildman–Crippen MR) is 86.6 cm³/mol. The summed E-state index contributed by atoms with van der Waals surface area (Å²) in [6.45, 7) is 8.05. The number of thiophene rings is 1. The molecule has 2 aromatic rings. The summed E-state index contributed by atoms with van der Waals surface area (Å²) in [5.41, 5.74) is 1.07. The second kappa shape index (κ2) is 7.24. The lowest BCUT2D eigenvalue weighted by molar-refractivity contribution is 0.947. The van der Waals surface area contributed by atoms with E-state index < -0.39 is 0 Å². The smallest absolute Gasteiger partial charge is 0.224 e. The molecule has 0 aliphatic carbocycles. The van der Waals surface area contributed by atoms with Crippen LogP contribution in [0.2, 0.25) is 0 Å². The molecule has 20 heavy (non-hydrogen) atoms. The highest BCUT2D eigenvalue weighted by atomic mass is 32.1. The first-order chi connectivity index (χ1) is 9.72. The van der Waals surface area contributed by atoms with Crippen LogP contribution in [0.3, 0.4) is 0 Å². The molecule has 0 radical (unpaired) electrons. The lowest BCUT2D eigenvalue weighted by Gasteiger charge is -2.09. The largest absolute Gasteiger partial charge is 0.365 e. The van der Waals surface area contributed by atoms with Crippen LogP contribution in [-0.2, 0) is 13.0 Å². The molecule has 0 atom stereocenters. The van der Waals surface area contributed by atoms with Gasteiger partial charge in [-0.15, -0.1) is 11.3 Å². The Labute approximate surface area is 124 Å². The molecule has 0 amide bonds. The third kappa shape index (κ3) is 3.93. The summed E-state index contributed by atoms with van der Waals surface area (Å²) in [5, 5.41) is 6.62. The molecule has 0 unspecified atom stereocenters. The van der Waals surface area contributed by atoms with Crippen molar-refractivity contribution in [3.05, 3.63) is 33.6 Å². The Morgan fingerprint density at radius 3 is 2.65 bits per heavy atom. The molecule has 0 aromatic carbocycles. The molecule has 0 fully saturated rings. The van der Waals surface area contributed by atoms with Gasteiger partial charge in [0.05, 0.1) is 6.54 Å². The molecule has 0 aliphatic heterocycles. The van der Waals surface area contributed by atoms with Crippen LogP contribution in [0.4, 0.5) is 11.8 Å². The molecule has 108 valence electrons. The van der Waals surface area contributed by atoms with Gasteiger partial charge in [-0.3, -0.25) is 0 Å². The average molecular weight is 290 g/mol. The predicted octanol–water partition coefficient (Wildman–Crippen LogP) is 3.84. The fourth-order valence-electron chi connectivity index (χ4n) is 1.82. The lowest BCUT2D eigenvalue weighted by atomic mass is 10.3. The zero-order valence-corrected chi connectivity index (χ0v) is 13.2. The third-order valence-corrected chi connectivity index (χ3v) is 4.23. The molecule has 0 spiro atoms. The van der Waals surface area contributed by atoms with Crippen LogP contribution in [0.5, 0.6) is 0 Å². The van der Waals surface area contributed by atoms with Gasteiger partial charge in [-0.25, -0.2) is 4.98 Å². The quantitative estimate of drug-likeness (QED) is 0.813. The Balaban J connectivity index is 2.00. The maximum atomic E-state index is 4.52. The van der Waals surface area contributed by atoms with E-state index >= 15 is 0 Å². The minimum Gasteiger partial charge on any atom is -0.365 e. The van der Waals surface area contributed by atoms with Crippen molar-refractivity contribution in [3.8, 4) is 0 Å². The minimum atomic E-state index is 0.695. The van der Waals surface area contributed by atoms with Gasteiger partial charge in [0.25, 0.3) is 0 Å². The highest BCUT2D eigenvalue weighted by Gasteiger charge is 2.04. The third-order valence-electron chi connectivity index (χ3n) is 3.00. The summed E-state index contributed by atoms with van der Waals surface area (Å²) in [6.07, 6.45) is 4.02. The fourth-order valence-corrected chi connectivity index (χ4v) is 2.72. The van der Waals surface area contributed by atoms with Crippen molar-refractivity contribution in [2.75, 3.05) is 17.2 Å². The van der Waals surface area contributed by atoms with Crippen molar-refractivity contribution in [2.45, 2.75) is 40.2 Å². The van der Waals surface area contributed by atoms with Gasteiger partial charge in [0, 0.05) is 28.1 Å². The average Bonchev–Trinajstić information content (AvgIpc) is 2.93. The normalized spacial score (nSPS) is 10.6. The van der Waals surface area contributed by atoms with Gasteiger partial charge in [0.2, 0.25) is 5.95 Å². The monoisotopic (exact) mass is 290 g/mol. The van der Waals surface area contributed by atoms with Crippen LogP contribution in [0.1, 0.15) is 35.6 Å². The Morgan fingerprint density at radius 2 is 1.95 bits per heavy atom. The summed E-state index contributed by atoms with van der Waals surface area (Å²) >= 11 is 1.85. The molecule has 2 aromatic heterocycles. The standard InChI is InChI=1S/C15H22N4S/c1-4-8-16-15-18-9-11(3)14(19-15)17-10-13-7-6-12(5-2)20-13/h6-7,9H,4-5,8,10H2,1-3H3,(H2,16,17,18,19). The van der Waals surface area contributed by atoms with Crippen molar-refractivity contribution in [1.29, 1.82) is 0 Å². The number of nitrogens with zero attached hydrogens (tertiary/aromatic N) is 2. The number of aryl methyl sites for hydroxylation is 2. The van der Waals surface area contributed by atoms with Gasteiger partial charge in [-0.2, -0.15) is 4.98 Å². The van der Waals surface area contributed by atoms with Crippen molar-refractivity contribution in [3.63, 3.8) is 0 Å². The van der Waals surface area contributed by atoms with Gasteiger partial charge in [-0.05, 0) is 31.9 Å². The molecular formula is C15H22N4S. The van der Waals surface area contributed by atoms with E-state index in [0.717, 1.165) is 37.3 Å². The second-order valence-corrected chi connectivity index (χ2v) is 5.98.